The molecule has 1 aromatic rings. The summed E-state index contributed by atoms with van der Waals surface area (Å²) in [5, 5.41) is 2.86. The second kappa shape index (κ2) is 8.79. The molecule has 6 heteroatoms. The highest BCUT2D eigenvalue weighted by molar-refractivity contribution is 5.92. The first kappa shape index (κ1) is 18.7. The van der Waals surface area contributed by atoms with E-state index < -0.39 is 0 Å². The summed E-state index contributed by atoms with van der Waals surface area (Å²) in [6.45, 7) is 4.20. The number of hydrogen-bond acceptors (Lipinski definition) is 4. The third-order valence-electron chi connectivity index (χ3n) is 3.09. The molecule has 1 atom stereocenters. The summed E-state index contributed by atoms with van der Waals surface area (Å²) in [5.41, 5.74) is 8.20. The van der Waals surface area contributed by atoms with E-state index in [1.807, 2.05) is 26.0 Å². The molecule has 0 spiro atoms. The number of amides is 1. The summed E-state index contributed by atoms with van der Waals surface area (Å²) in [7, 11) is 3.17. The van der Waals surface area contributed by atoms with Gasteiger partial charge >= 0.3 is 0 Å². The van der Waals surface area contributed by atoms with Crippen LogP contribution in [0.25, 0.3) is 0 Å². The van der Waals surface area contributed by atoms with Crippen LogP contribution in [0.2, 0.25) is 0 Å². The topological polar surface area (TPSA) is 73.6 Å². The van der Waals surface area contributed by atoms with Gasteiger partial charge in [-0.2, -0.15) is 0 Å². The predicted molar refractivity (Wildman–Crippen MR) is 82.8 cm³/mol. The number of carbonyl (C=O) groups excluding carboxylic acids is 1. The van der Waals surface area contributed by atoms with Crippen molar-refractivity contribution in [2.45, 2.75) is 26.4 Å². The van der Waals surface area contributed by atoms with Gasteiger partial charge in [0.1, 0.15) is 5.75 Å². The minimum Gasteiger partial charge on any atom is -0.496 e. The van der Waals surface area contributed by atoms with E-state index >= 15 is 0 Å². The first-order chi connectivity index (χ1) is 9.03. The second-order valence-electron chi connectivity index (χ2n) is 4.43. The number of rotatable bonds is 6. The van der Waals surface area contributed by atoms with Crippen LogP contribution in [0.1, 0.15) is 17.5 Å². The van der Waals surface area contributed by atoms with Crippen LogP contribution < -0.4 is 15.8 Å². The summed E-state index contributed by atoms with van der Waals surface area (Å²) >= 11 is 0. The molecule has 3 N–H and O–H groups in total. The van der Waals surface area contributed by atoms with Crippen LogP contribution in [0.4, 0.5) is 5.69 Å². The van der Waals surface area contributed by atoms with Crippen molar-refractivity contribution in [1.82, 2.24) is 0 Å². The van der Waals surface area contributed by atoms with Crippen LogP contribution in [0.3, 0.4) is 0 Å². The van der Waals surface area contributed by atoms with E-state index in [1.165, 1.54) is 0 Å². The fourth-order valence-corrected chi connectivity index (χ4v) is 1.95. The highest BCUT2D eigenvalue weighted by Gasteiger charge is 2.14. The number of benzene rings is 1. The summed E-state index contributed by atoms with van der Waals surface area (Å²) in [4.78, 5) is 11.9. The lowest BCUT2D eigenvalue weighted by molar-refractivity contribution is -0.118. The van der Waals surface area contributed by atoms with Crippen molar-refractivity contribution in [2.75, 3.05) is 26.1 Å². The van der Waals surface area contributed by atoms with Gasteiger partial charge < -0.3 is 20.5 Å². The molecule has 0 aliphatic heterocycles. The van der Waals surface area contributed by atoms with E-state index in [1.54, 1.807) is 14.2 Å². The standard InChI is InChI=1S/C14H22N2O3.ClH/c1-9-5-6-12(10(2)14(9)19-4)16-13(17)7-11(8-15)18-3;/h5-6,11H,7-8,15H2,1-4H3,(H,16,17);1H. The molecule has 0 saturated carbocycles. The Labute approximate surface area is 126 Å². The van der Waals surface area contributed by atoms with Crippen LogP contribution >= 0.6 is 12.4 Å². The molecule has 114 valence electrons. The summed E-state index contributed by atoms with van der Waals surface area (Å²) in [6.07, 6.45) is -0.0181. The van der Waals surface area contributed by atoms with Crippen molar-refractivity contribution in [3.63, 3.8) is 0 Å². The average Bonchev–Trinajstić information content (AvgIpc) is 2.40. The Morgan fingerprint density at radius 3 is 2.50 bits per heavy atom. The van der Waals surface area contributed by atoms with Crippen LogP contribution in [0.15, 0.2) is 12.1 Å². The predicted octanol–water partition coefficient (Wildman–Crippen LogP) is 2.04. The van der Waals surface area contributed by atoms with Gasteiger partial charge in [-0.3, -0.25) is 4.79 Å². The molecule has 1 rings (SSSR count). The fourth-order valence-electron chi connectivity index (χ4n) is 1.95. The number of aryl methyl sites for hydroxylation is 1. The minimum absolute atomic E-state index is 0. The zero-order valence-corrected chi connectivity index (χ0v) is 13.2. The highest BCUT2D eigenvalue weighted by atomic mass is 35.5. The number of anilines is 1. The first-order valence-corrected chi connectivity index (χ1v) is 6.20. The van der Waals surface area contributed by atoms with Crippen molar-refractivity contribution < 1.29 is 14.3 Å². The fraction of sp³-hybridized carbons (Fsp3) is 0.500. The zero-order chi connectivity index (χ0) is 14.4. The maximum Gasteiger partial charge on any atom is 0.227 e. The number of ether oxygens (including phenoxy) is 2. The maximum atomic E-state index is 11.9. The summed E-state index contributed by atoms with van der Waals surface area (Å²) in [5.74, 6) is 0.672. The Bertz CT molecular complexity index is 448. The Morgan fingerprint density at radius 1 is 1.35 bits per heavy atom. The number of carbonyl (C=O) groups is 1. The van der Waals surface area contributed by atoms with Gasteiger partial charge in [0.2, 0.25) is 5.91 Å². The lowest BCUT2D eigenvalue weighted by atomic mass is 10.1. The summed E-state index contributed by atoms with van der Waals surface area (Å²) in [6, 6.07) is 3.79. The molecule has 0 aromatic heterocycles. The Kier molecular flexibility index (Phi) is 8.22. The van der Waals surface area contributed by atoms with Crippen LogP contribution in [-0.2, 0) is 9.53 Å². The molecule has 1 aromatic carbocycles. The average molecular weight is 303 g/mol. The molecule has 0 aliphatic rings. The molecular formula is C14H23ClN2O3. The van der Waals surface area contributed by atoms with E-state index in [2.05, 4.69) is 5.32 Å². The van der Waals surface area contributed by atoms with Crippen LogP contribution in [0.5, 0.6) is 5.75 Å². The number of hydrogen-bond donors (Lipinski definition) is 2. The van der Waals surface area contributed by atoms with E-state index in [0.717, 1.165) is 22.6 Å². The summed E-state index contributed by atoms with van der Waals surface area (Å²) < 4.78 is 10.4. The molecular weight excluding hydrogens is 280 g/mol. The third kappa shape index (κ3) is 4.67. The van der Waals surface area contributed by atoms with Crippen molar-refractivity contribution >= 4 is 24.0 Å². The zero-order valence-electron chi connectivity index (χ0n) is 12.4. The molecule has 0 aliphatic carbocycles. The number of nitrogens with two attached hydrogens (primary N) is 1. The van der Waals surface area contributed by atoms with Gasteiger partial charge in [0.15, 0.2) is 0 Å². The first-order valence-electron chi connectivity index (χ1n) is 6.20. The smallest absolute Gasteiger partial charge is 0.227 e. The normalized spacial score (nSPS) is 11.4. The molecule has 0 fully saturated rings. The van der Waals surface area contributed by atoms with E-state index in [0.29, 0.717) is 6.54 Å². The SMILES string of the molecule is COc1c(C)ccc(NC(=O)CC(CN)OC)c1C.Cl. The molecule has 1 amide bonds. The van der Waals surface area contributed by atoms with E-state index in [9.17, 15) is 4.79 Å². The monoisotopic (exact) mass is 302 g/mol. The minimum atomic E-state index is -0.257. The molecule has 0 heterocycles. The van der Waals surface area contributed by atoms with Crippen LogP contribution in [-0.4, -0.2) is 32.8 Å². The molecule has 20 heavy (non-hydrogen) atoms. The largest absolute Gasteiger partial charge is 0.496 e. The lowest BCUT2D eigenvalue weighted by Crippen LogP contribution is -2.28. The van der Waals surface area contributed by atoms with Gasteiger partial charge in [-0.25, -0.2) is 0 Å². The van der Waals surface area contributed by atoms with Gasteiger partial charge in [-0.1, -0.05) is 6.07 Å². The van der Waals surface area contributed by atoms with E-state index in [4.69, 9.17) is 15.2 Å². The molecule has 0 saturated heterocycles. The Hall–Kier alpha value is -1.30. The Balaban J connectivity index is 0.00000361. The van der Waals surface area contributed by atoms with Crippen molar-refractivity contribution in [2.24, 2.45) is 5.73 Å². The van der Waals surface area contributed by atoms with Crippen LogP contribution in [0, 0.1) is 13.8 Å². The van der Waals surface area contributed by atoms with Gasteiger partial charge in [0, 0.05) is 24.9 Å². The molecule has 0 bridgehead atoms. The van der Waals surface area contributed by atoms with Gasteiger partial charge in [0.25, 0.3) is 0 Å². The molecule has 1 unspecified atom stereocenters. The number of halogens is 1. The molecule has 5 nitrogen and oxygen atoms in total. The third-order valence-corrected chi connectivity index (χ3v) is 3.09. The molecule has 0 radical (unpaired) electrons. The van der Waals surface area contributed by atoms with Gasteiger partial charge in [-0.05, 0) is 25.5 Å². The van der Waals surface area contributed by atoms with Gasteiger partial charge in [-0.15, -0.1) is 12.4 Å². The van der Waals surface area contributed by atoms with Crippen molar-refractivity contribution in [3.8, 4) is 5.75 Å². The van der Waals surface area contributed by atoms with E-state index in [-0.39, 0.29) is 30.8 Å². The quantitative estimate of drug-likeness (QED) is 0.843. The van der Waals surface area contributed by atoms with Crippen molar-refractivity contribution in [3.05, 3.63) is 23.3 Å². The maximum absolute atomic E-state index is 11.9. The van der Waals surface area contributed by atoms with Crippen molar-refractivity contribution in [1.29, 1.82) is 0 Å². The lowest BCUT2D eigenvalue weighted by Gasteiger charge is -2.16. The number of nitrogens with one attached hydrogen (secondary N) is 1. The second-order valence-corrected chi connectivity index (χ2v) is 4.43. The Morgan fingerprint density at radius 2 is 2.00 bits per heavy atom. The van der Waals surface area contributed by atoms with Gasteiger partial charge in [0.05, 0.1) is 19.6 Å². The number of methoxy groups -OCH3 is 2. The highest BCUT2D eigenvalue weighted by Crippen LogP contribution is 2.29.